The van der Waals surface area contributed by atoms with Crippen LogP contribution in [0.4, 0.5) is 9.18 Å². The number of amides is 1. The van der Waals surface area contributed by atoms with Crippen LogP contribution in [0.2, 0.25) is 0 Å². The Hall–Kier alpha value is -2.02. The van der Waals surface area contributed by atoms with Crippen LogP contribution >= 0.6 is 0 Å². The van der Waals surface area contributed by atoms with Crippen LogP contribution in [0.15, 0.2) is 36.0 Å². The number of hydrogen-bond acceptors (Lipinski definition) is 5. The molecule has 1 saturated heterocycles. The number of rotatable bonds is 2. The van der Waals surface area contributed by atoms with Crippen LogP contribution in [0, 0.1) is 0 Å². The molecule has 1 fully saturated rings. The monoisotopic (exact) mass is 344 g/mol. The van der Waals surface area contributed by atoms with Crippen LogP contribution < -0.4 is 17.0 Å². The van der Waals surface area contributed by atoms with Gasteiger partial charge in [0.15, 0.2) is 0 Å². The highest BCUT2D eigenvalue weighted by molar-refractivity contribution is 5.70. The van der Waals surface area contributed by atoms with Crippen LogP contribution in [-0.4, -0.2) is 29.7 Å². The number of carbonyl (C=O) groups is 1. The zero-order valence-electron chi connectivity index (χ0n) is 15.7. The molecule has 2 atom stereocenters. The Morgan fingerprint density at radius 3 is 2.29 bits per heavy atom. The normalized spacial score (nSPS) is 21.8. The van der Waals surface area contributed by atoms with Crippen molar-refractivity contribution in [3.8, 4) is 0 Å². The summed E-state index contributed by atoms with van der Waals surface area (Å²) >= 11 is 0. The summed E-state index contributed by atoms with van der Waals surface area (Å²) in [7, 11) is 0. The summed E-state index contributed by atoms with van der Waals surface area (Å²) < 4.78 is 18.4. The number of nitrogens with zero attached hydrogens (tertiary/aromatic N) is 1. The minimum absolute atomic E-state index is 0.0963. The standard InChI is InChI=1S/C11H14FNO2.C2H7N3.2C2H6/c1-7-3-4-9(5-10(7)12)13-6-8(2)15-11(13)14;3-1-2-5-4;2*1-2/h3-4,8-9H,5-6H2,1-2H3;1-2,5H,3-4H2;2*1-2H3/b;2-1-;;. The van der Waals surface area contributed by atoms with E-state index in [2.05, 4.69) is 5.43 Å². The smallest absolute Gasteiger partial charge is 0.410 e. The first kappa shape index (κ1) is 24.2. The quantitative estimate of drug-likeness (QED) is 0.528. The van der Waals surface area contributed by atoms with E-state index < -0.39 is 0 Å². The Labute approximate surface area is 145 Å². The first-order valence-electron chi connectivity index (χ1n) is 8.33. The molecule has 1 aliphatic carbocycles. The molecule has 1 heterocycles. The molecule has 0 aromatic heterocycles. The van der Waals surface area contributed by atoms with E-state index in [1.54, 1.807) is 17.9 Å². The molecule has 2 unspecified atom stereocenters. The maximum Gasteiger partial charge on any atom is 0.410 e. The Morgan fingerprint density at radius 2 is 1.96 bits per heavy atom. The van der Waals surface area contributed by atoms with Crippen molar-refractivity contribution < 1.29 is 13.9 Å². The molecular formula is C17H33FN4O2. The average molecular weight is 344 g/mol. The van der Waals surface area contributed by atoms with E-state index in [0.717, 1.165) is 0 Å². The minimum atomic E-state index is -0.343. The molecule has 0 saturated carbocycles. The predicted octanol–water partition coefficient (Wildman–Crippen LogP) is 3.33. The molecule has 0 aromatic carbocycles. The van der Waals surface area contributed by atoms with E-state index >= 15 is 0 Å². The van der Waals surface area contributed by atoms with E-state index in [9.17, 15) is 9.18 Å². The number of carbonyl (C=O) groups excluding carboxylic acids is 1. The van der Waals surface area contributed by atoms with Gasteiger partial charge in [-0.3, -0.25) is 10.7 Å². The molecular weight excluding hydrogens is 311 g/mol. The Bertz CT molecular complexity index is 436. The highest BCUT2D eigenvalue weighted by Crippen LogP contribution is 2.26. The lowest BCUT2D eigenvalue weighted by Crippen LogP contribution is -2.36. The Kier molecular flexibility index (Phi) is 14.7. The van der Waals surface area contributed by atoms with Crippen LogP contribution in [0.5, 0.6) is 0 Å². The van der Waals surface area contributed by atoms with Gasteiger partial charge >= 0.3 is 6.09 Å². The molecule has 1 amide bonds. The second-order valence-corrected chi connectivity index (χ2v) is 4.59. The van der Waals surface area contributed by atoms with Crippen molar-refractivity contribution in [2.45, 2.75) is 60.1 Å². The summed E-state index contributed by atoms with van der Waals surface area (Å²) in [6.07, 6.45) is 6.16. The first-order valence-corrected chi connectivity index (χ1v) is 8.33. The molecule has 0 bridgehead atoms. The van der Waals surface area contributed by atoms with Crippen molar-refractivity contribution in [3.63, 3.8) is 0 Å². The topological polar surface area (TPSA) is 93.6 Å². The number of allylic oxidation sites excluding steroid dienone is 2. The summed E-state index contributed by atoms with van der Waals surface area (Å²) in [6, 6.07) is -0.189. The molecule has 0 spiro atoms. The molecule has 2 aliphatic rings. The van der Waals surface area contributed by atoms with E-state index in [1.165, 1.54) is 12.4 Å². The van der Waals surface area contributed by atoms with E-state index in [0.29, 0.717) is 12.1 Å². The van der Waals surface area contributed by atoms with Gasteiger partial charge in [0.1, 0.15) is 11.9 Å². The van der Waals surface area contributed by atoms with Crippen molar-refractivity contribution >= 4 is 6.09 Å². The third kappa shape index (κ3) is 8.57. The van der Waals surface area contributed by atoms with Crippen LogP contribution in [0.25, 0.3) is 0 Å². The van der Waals surface area contributed by atoms with Gasteiger partial charge < -0.3 is 15.9 Å². The van der Waals surface area contributed by atoms with Gasteiger partial charge in [0, 0.05) is 18.8 Å². The Balaban J connectivity index is 0. The van der Waals surface area contributed by atoms with Gasteiger partial charge in [-0.2, -0.15) is 0 Å². The number of cyclic esters (lactones) is 1. The van der Waals surface area contributed by atoms with E-state index in [-0.39, 0.29) is 30.5 Å². The van der Waals surface area contributed by atoms with E-state index in [4.69, 9.17) is 16.3 Å². The number of nitrogens with two attached hydrogens (primary N) is 2. The van der Waals surface area contributed by atoms with Gasteiger partial charge in [-0.05, 0) is 19.4 Å². The van der Waals surface area contributed by atoms with Crippen molar-refractivity contribution in [2.24, 2.45) is 11.6 Å². The predicted molar refractivity (Wildman–Crippen MR) is 97.3 cm³/mol. The zero-order chi connectivity index (χ0) is 19.1. The minimum Gasteiger partial charge on any atom is -0.444 e. The number of nitrogens with one attached hydrogen (secondary N) is 1. The summed E-state index contributed by atoms with van der Waals surface area (Å²) in [4.78, 5) is 13.0. The second kappa shape index (κ2) is 14.6. The molecule has 0 radical (unpaired) electrons. The van der Waals surface area contributed by atoms with Crippen LogP contribution in [0.3, 0.4) is 0 Å². The number of hydrazine groups is 1. The first-order chi connectivity index (χ1) is 11.5. The average Bonchev–Trinajstić information content (AvgIpc) is 2.94. The SMILES string of the molecule is CC.CC.CC1=C(F)CC(N2CC(C)OC2=O)C=C1.N/C=C\NN. The summed E-state index contributed by atoms with van der Waals surface area (Å²) in [5.41, 5.74) is 7.67. The fourth-order valence-electron chi connectivity index (χ4n) is 1.93. The van der Waals surface area contributed by atoms with Crippen molar-refractivity contribution in [1.82, 2.24) is 10.3 Å². The number of halogens is 1. The molecule has 1 aliphatic heterocycles. The molecule has 7 heteroatoms. The van der Waals surface area contributed by atoms with Gasteiger partial charge in [0.05, 0.1) is 12.6 Å². The van der Waals surface area contributed by atoms with Crippen molar-refractivity contribution in [1.29, 1.82) is 0 Å². The second-order valence-electron chi connectivity index (χ2n) is 4.59. The molecule has 24 heavy (non-hydrogen) atoms. The van der Waals surface area contributed by atoms with Gasteiger partial charge in [-0.25, -0.2) is 9.18 Å². The largest absolute Gasteiger partial charge is 0.444 e. The van der Waals surface area contributed by atoms with Crippen LogP contribution in [0.1, 0.15) is 48.0 Å². The highest BCUT2D eigenvalue weighted by atomic mass is 19.1. The lowest BCUT2D eigenvalue weighted by Gasteiger charge is -2.24. The molecule has 6 nitrogen and oxygen atoms in total. The lowest BCUT2D eigenvalue weighted by molar-refractivity contribution is 0.135. The zero-order valence-corrected chi connectivity index (χ0v) is 15.7. The third-order valence-electron chi connectivity index (χ3n) is 2.97. The van der Waals surface area contributed by atoms with Gasteiger partial charge in [-0.15, -0.1) is 0 Å². The van der Waals surface area contributed by atoms with Gasteiger partial charge in [0.25, 0.3) is 0 Å². The van der Waals surface area contributed by atoms with Crippen molar-refractivity contribution in [3.05, 3.63) is 36.0 Å². The van der Waals surface area contributed by atoms with Crippen LogP contribution in [-0.2, 0) is 4.74 Å². The van der Waals surface area contributed by atoms with Gasteiger partial charge in [-0.1, -0.05) is 39.8 Å². The molecule has 0 aromatic rings. The fourth-order valence-corrected chi connectivity index (χ4v) is 1.93. The summed E-state index contributed by atoms with van der Waals surface area (Å²) in [5.74, 6) is 4.58. The molecule has 5 N–H and O–H groups in total. The van der Waals surface area contributed by atoms with Gasteiger partial charge in [0.2, 0.25) is 0 Å². The molecule has 2 rings (SSSR count). The highest BCUT2D eigenvalue weighted by Gasteiger charge is 2.34. The van der Waals surface area contributed by atoms with E-state index in [1.807, 2.05) is 40.7 Å². The third-order valence-corrected chi connectivity index (χ3v) is 2.97. The Morgan fingerprint density at radius 1 is 1.38 bits per heavy atom. The number of hydrogen-bond donors (Lipinski definition) is 3. The van der Waals surface area contributed by atoms with Crippen molar-refractivity contribution in [2.75, 3.05) is 6.54 Å². The maximum atomic E-state index is 13.4. The summed E-state index contributed by atoms with van der Waals surface area (Å²) in [6.45, 7) is 12.1. The summed E-state index contributed by atoms with van der Waals surface area (Å²) in [5, 5.41) is 0. The fraction of sp³-hybridized carbons (Fsp3) is 0.588. The maximum absolute atomic E-state index is 13.4. The lowest BCUT2D eigenvalue weighted by atomic mass is 10.0. The number of ether oxygens (including phenoxy) is 1. The molecule has 140 valence electrons.